The molecule has 0 saturated carbocycles. The minimum absolute atomic E-state index is 0.0367. The number of carbonyl (C=O) groups is 2. The van der Waals surface area contributed by atoms with Crippen LogP contribution >= 0.6 is 11.3 Å². The predicted molar refractivity (Wildman–Crippen MR) is 104 cm³/mol. The van der Waals surface area contributed by atoms with Crippen LogP contribution in [0.3, 0.4) is 0 Å². The van der Waals surface area contributed by atoms with E-state index in [1.165, 1.54) is 17.4 Å². The second-order valence-corrected chi connectivity index (χ2v) is 7.71. The summed E-state index contributed by atoms with van der Waals surface area (Å²) < 4.78 is 31.6. The number of aryl methyl sites for hydroxylation is 1. The zero-order chi connectivity index (χ0) is 20.3. The molecular weight excluding hydrogens is 386 g/mol. The average Bonchev–Trinajstić information content (AvgIpc) is 3.22. The van der Waals surface area contributed by atoms with E-state index in [1.54, 1.807) is 13.8 Å². The van der Waals surface area contributed by atoms with Gasteiger partial charge in [0.15, 0.2) is 11.6 Å². The van der Waals surface area contributed by atoms with Crippen molar-refractivity contribution in [2.45, 2.75) is 39.2 Å². The van der Waals surface area contributed by atoms with Gasteiger partial charge in [0.05, 0.1) is 18.7 Å². The summed E-state index contributed by atoms with van der Waals surface area (Å²) in [5, 5.41) is 6.27. The molecule has 1 heterocycles. The third kappa shape index (κ3) is 4.39. The first-order valence-electron chi connectivity index (χ1n) is 9.20. The van der Waals surface area contributed by atoms with Crippen molar-refractivity contribution in [3.63, 3.8) is 0 Å². The maximum Gasteiger partial charge on any atom is 0.341 e. The minimum Gasteiger partial charge on any atom is -0.462 e. The highest BCUT2D eigenvalue weighted by atomic mass is 32.1. The molecule has 0 bridgehead atoms. The SMILES string of the molecule is CCOC(=O)c1c(NC(=O)CN[C@@H](C)c2ccc(F)c(F)c2)sc2c1CCC2. The number of halogens is 2. The van der Waals surface area contributed by atoms with E-state index < -0.39 is 17.6 Å². The molecule has 0 fully saturated rings. The van der Waals surface area contributed by atoms with Gasteiger partial charge in [-0.25, -0.2) is 13.6 Å². The molecule has 8 heteroatoms. The van der Waals surface area contributed by atoms with Crippen molar-refractivity contribution in [2.75, 3.05) is 18.5 Å². The molecular formula is C20H22F2N2O3S. The first kappa shape index (κ1) is 20.4. The Bertz CT molecular complexity index is 898. The lowest BCUT2D eigenvalue weighted by atomic mass is 10.1. The number of carbonyl (C=O) groups excluding carboxylic acids is 2. The normalized spacial score (nSPS) is 13.9. The van der Waals surface area contributed by atoms with Crippen molar-refractivity contribution in [3.05, 3.63) is 51.4 Å². The summed E-state index contributed by atoms with van der Waals surface area (Å²) in [7, 11) is 0. The molecule has 1 aliphatic carbocycles. The van der Waals surface area contributed by atoms with Crippen LogP contribution < -0.4 is 10.6 Å². The van der Waals surface area contributed by atoms with E-state index in [2.05, 4.69) is 10.6 Å². The first-order chi connectivity index (χ1) is 13.4. The third-order valence-electron chi connectivity index (χ3n) is 4.67. The molecule has 0 spiro atoms. The topological polar surface area (TPSA) is 67.4 Å². The van der Waals surface area contributed by atoms with Gasteiger partial charge < -0.3 is 15.4 Å². The van der Waals surface area contributed by atoms with Gasteiger partial charge >= 0.3 is 5.97 Å². The second-order valence-electron chi connectivity index (χ2n) is 6.61. The maximum atomic E-state index is 13.4. The van der Waals surface area contributed by atoms with Crippen LogP contribution in [0.1, 0.15) is 52.7 Å². The Morgan fingerprint density at radius 3 is 2.75 bits per heavy atom. The Hall–Kier alpha value is -2.32. The Labute approximate surface area is 166 Å². The van der Waals surface area contributed by atoms with Crippen molar-refractivity contribution < 1.29 is 23.1 Å². The molecule has 28 heavy (non-hydrogen) atoms. The Kier molecular flexibility index (Phi) is 6.41. The molecule has 1 aliphatic rings. The van der Waals surface area contributed by atoms with Crippen LogP contribution in [0.2, 0.25) is 0 Å². The number of anilines is 1. The Balaban J connectivity index is 1.65. The highest BCUT2D eigenvalue weighted by molar-refractivity contribution is 7.17. The van der Waals surface area contributed by atoms with Gasteiger partial charge in [-0.1, -0.05) is 6.07 Å². The van der Waals surface area contributed by atoms with E-state index in [0.29, 0.717) is 16.1 Å². The van der Waals surface area contributed by atoms with Gasteiger partial charge in [0, 0.05) is 10.9 Å². The fourth-order valence-corrected chi connectivity index (χ4v) is 4.52. The number of amides is 1. The largest absolute Gasteiger partial charge is 0.462 e. The summed E-state index contributed by atoms with van der Waals surface area (Å²) in [4.78, 5) is 25.8. The molecule has 1 atom stereocenters. The van der Waals surface area contributed by atoms with E-state index in [0.717, 1.165) is 41.8 Å². The Morgan fingerprint density at radius 2 is 2.04 bits per heavy atom. The van der Waals surface area contributed by atoms with Crippen molar-refractivity contribution in [3.8, 4) is 0 Å². The predicted octanol–water partition coefficient (Wildman–Crippen LogP) is 3.98. The lowest BCUT2D eigenvalue weighted by molar-refractivity contribution is -0.115. The highest BCUT2D eigenvalue weighted by Crippen LogP contribution is 2.39. The van der Waals surface area contributed by atoms with E-state index in [-0.39, 0.29) is 25.1 Å². The molecule has 150 valence electrons. The third-order valence-corrected chi connectivity index (χ3v) is 5.87. The number of hydrogen-bond acceptors (Lipinski definition) is 5. The summed E-state index contributed by atoms with van der Waals surface area (Å²) in [5.74, 6) is -2.58. The van der Waals surface area contributed by atoms with Crippen molar-refractivity contribution in [1.29, 1.82) is 0 Å². The van der Waals surface area contributed by atoms with E-state index in [4.69, 9.17) is 4.74 Å². The monoisotopic (exact) mass is 408 g/mol. The number of ether oxygens (including phenoxy) is 1. The van der Waals surface area contributed by atoms with Crippen LogP contribution in [0, 0.1) is 11.6 Å². The number of thiophene rings is 1. The van der Waals surface area contributed by atoms with Gasteiger partial charge in [0.2, 0.25) is 5.91 Å². The molecule has 1 amide bonds. The van der Waals surface area contributed by atoms with Crippen LogP contribution in [0.15, 0.2) is 18.2 Å². The van der Waals surface area contributed by atoms with E-state index in [9.17, 15) is 18.4 Å². The number of nitrogens with one attached hydrogen (secondary N) is 2. The lowest BCUT2D eigenvalue weighted by Crippen LogP contribution is -2.30. The lowest BCUT2D eigenvalue weighted by Gasteiger charge is -2.14. The zero-order valence-corrected chi connectivity index (χ0v) is 16.6. The fraction of sp³-hybridized carbons (Fsp3) is 0.400. The van der Waals surface area contributed by atoms with Gasteiger partial charge in [-0.3, -0.25) is 4.79 Å². The van der Waals surface area contributed by atoms with Crippen LogP contribution in [-0.4, -0.2) is 25.0 Å². The highest BCUT2D eigenvalue weighted by Gasteiger charge is 2.28. The second kappa shape index (κ2) is 8.79. The van der Waals surface area contributed by atoms with Crippen LogP contribution in [0.5, 0.6) is 0 Å². The smallest absolute Gasteiger partial charge is 0.341 e. The molecule has 0 aliphatic heterocycles. The molecule has 2 aromatic rings. The quantitative estimate of drug-likeness (QED) is 0.680. The molecule has 2 N–H and O–H groups in total. The molecule has 3 rings (SSSR count). The fourth-order valence-electron chi connectivity index (χ4n) is 3.23. The van der Waals surface area contributed by atoms with Crippen LogP contribution in [0.4, 0.5) is 13.8 Å². The van der Waals surface area contributed by atoms with E-state index in [1.807, 2.05) is 0 Å². The van der Waals surface area contributed by atoms with Crippen molar-refractivity contribution in [1.82, 2.24) is 5.32 Å². The summed E-state index contributed by atoms with van der Waals surface area (Å²) >= 11 is 1.41. The van der Waals surface area contributed by atoms with Gasteiger partial charge in [-0.15, -0.1) is 11.3 Å². The van der Waals surface area contributed by atoms with Gasteiger partial charge in [0.25, 0.3) is 0 Å². The molecule has 0 saturated heterocycles. The number of benzene rings is 1. The number of rotatable bonds is 7. The summed E-state index contributed by atoms with van der Waals surface area (Å²) in [6.45, 7) is 3.73. The average molecular weight is 408 g/mol. The Morgan fingerprint density at radius 1 is 1.25 bits per heavy atom. The van der Waals surface area contributed by atoms with Crippen LogP contribution in [0.25, 0.3) is 0 Å². The zero-order valence-electron chi connectivity index (χ0n) is 15.7. The number of fused-ring (bicyclic) bond motifs is 1. The van der Waals surface area contributed by atoms with E-state index >= 15 is 0 Å². The first-order valence-corrected chi connectivity index (χ1v) is 10.0. The van der Waals surface area contributed by atoms with Gasteiger partial charge in [-0.2, -0.15) is 0 Å². The molecule has 0 radical (unpaired) electrons. The minimum atomic E-state index is -0.928. The number of esters is 1. The van der Waals surface area contributed by atoms with Gasteiger partial charge in [0.1, 0.15) is 5.00 Å². The van der Waals surface area contributed by atoms with Crippen molar-refractivity contribution >= 4 is 28.2 Å². The molecule has 1 aromatic heterocycles. The summed E-state index contributed by atoms with van der Waals surface area (Å²) in [5.41, 5.74) is 1.97. The van der Waals surface area contributed by atoms with Crippen LogP contribution in [-0.2, 0) is 22.4 Å². The molecule has 0 unspecified atom stereocenters. The molecule has 1 aromatic carbocycles. The number of hydrogen-bond donors (Lipinski definition) is 2. The summed E-state index contributed by atoms with van der Waals surface area (Å²) in [6.07, 6.45) is 2.70. The van der Waals surface area contributed by atoms with Crippen molar-refractivity contribution in [2.24, 2.45) is 0 Å². The summed E-state index contributed by atoms with van der Waals surface area (Å²) in [6, 6.07) is 3.28. The molecule has 5 nitrogen and oxygen atoms in total. The maximum absolute atomic E-state index is 13.4. The van der Waals surface area contributed by atoms with Gasteiger partial charge in [-0.05, 0) is 56.4 Å². The standard InChI is InChI=1S/C20H22F2N2O3S/c1-3-27-20(26)18-13-5-4-6-16(13)28-19(18)24-17(25)10-23-11(2)12-7-8-14(21)15(22)9-12/h7-9,11,23H,3-6,10H2,1-2H3,(H,24,25)/t11-/m0/s1.